The fraction of sp³-hybridized carbons (Fsp3) is 0. The van der Waals surface area contributed by atoms with Gasteiger partial charge in [0.15, 0.2) is 6.29 Å². The van der Waals surface area contributed by atoms with E-state index in [4.69, 9.17) is 5.11 Å². The molecule has 1 N–H and O–H groups in total. The molecule has 0 aromatic heterocycles. The molecule has 14 heavy (non-hydrogen) atoms. The van der Waals surface area contributed by atoms with Gasteiger partial charge in [0.05, 0.1) is 4.90 Å². The molecule has 0 fully saturated rings. The van der Waals surface area contributed by atoms with E-state index < -0.39 is 20.0 Å². The summed E-state index contributed by atoms with van der Waals surface area (Å²) < 4.78 is 22.3. The maximum atomic E-state index is 11.2. The summed E-state index contributed by atoms with van der Waals surface area (Å²) in [5.41, 5.74) is -0.157. The van der Waals surface area contributed by atoms with Crippen molar-refractivity contribution in [3.63, 3.8) is 0 Å². The van der Waals surface area contributed by atoms with Crippen LogP contribution in [0.3, 0.4) is 0 Å². The van der Waals surface area contributed by atoms with Crippen molar-refractivity contribution >= 4 is 21.4 Å². The van der Waals surface area contributed by atoms with Crippen molar-refractivity contribution in [2.24, 2.45) is 0 Å². The van der Waals surface area contributed by atoms with Gasteiger partial charge in [-0.2, -0.15) is 0 Å². The van der Waals surface area contributed by atoms with E-state index in [0.29, 0.717) is 6.29 Å². The first kappa shape index (κ1) is 10.4. The Morgan fingerprint density at radius 3 is 2.36 bits per heavy atom. The summed E-state index contributed by atoms with van der Waals surface area (Å²) in [7, 11) is -4.43. The SMILES string of the molecule is O=Cc1ccccc1S(=O)(=O)C(=O)O. The molecule has 0 unspecified atom stereocenters. The highest BCUT2D eigenvalue weighted by atomic mass is 32.2. The predicted molar refractivity (Wildman–Crippen MR) is 47.0 cm³/mol. The van der Waals surface area contributed by atoms with E-state index in [1.807, 2.05) is 0 Å². The van der Waals surface area contributed by atoms with Gasteiger partial charge in [-0.25, -0.2) is 13.2 Å². The first-order valence-corrected chi connectivity index (χ1v) is 5.00. The fourth-order valence-electron chi connectivity index (χ4n) is 0.917. The van der Waals surface area contributed by atoms with E-state index in [1.54, 1.807) is 0 Å². The van der Waals surface area contributed by atoms with Crippen LogP contribution in [0.25, 0.3) is 0 Å². The van der Waals surface area contributed by atoms with E-state index in [0.717, 1.165) is 6.07 Å². The van der Waals surface area contributed by atoms with Crippen molar-refractivity contribution in [2.75, 3.05) is 0 Å². The molecule has 0 spiro atoms. The summed E-state index contributed by atoms with van der Waals surface area (Å²) in [6.07, 6.45) is 0.301. The van der Waals surface area contributed by atoms with Crippen LogP contribution in [0, 0.1) is 0 Å². The van der Waals surface area contributed by atoms with Gasteiger partial charge in [-0.3, -0.25) is 4.79 Å². The van der Waals surface area contributed by atoms with Gasteiger partial charge in [-0.15, -0.1) is 0 Å². The highest BCUT2D eigenvalue weighted by Gasteiger charge is 2.26. The standard InChI is InChI=1S/C8H6O5S/c9-5-6-3-1-2-4-7(6)14(12,13)8(10)11/h1-5H,(H,10,11). The number of carbonyl (C=O) groups is 2. The van der Waals surface area contributed by atoms with E-state index in [1.165, 1.54) is 18.2 Å². The van der Waals surface area contributed by atoms with Gasteiger partial charge >= 0.3 is 5.30 Å². The zero-order valence-corrected chi connectivity index (χ0v) is 7.69. The predicted octanol–water partition coefficient (Wildman–Crippen LogP) is 0.951. The Bertz CT molecular complexity index is 474. The summed E-state index contributed by atoms with van der Waals surface area (Å²) in [5.74, 6) is 0. The number of aldehydes is 1. The Morgan fingerprint density at radius 1 is 1.29 bits per heavy atom. The van der Waals surface area contributed by atoms with Crippen LogP contribution in [0.2, 0.25) is 0 Å². The van der Waals surface area contributed by atoms with Gasteiger partial charge in [-0.05, 0) is 6.07 Å². The lowest BCUT2D eigenvalue weighted by Crippen LogP contribution is -2.13. The lowest BCUT2D eigenvalue weighted by atomic mass is 10.2. The summed E-state index contributed by atoms with van der Waals surface area (Å²) in [4.78, 5) is 20.3. The van der Waals surface area contributed by atoms with E-state index >= 15 is 0 Å². The van der Waals surface area contributed by atoms with E-state index in [9.17, 15) is 18.0 Å². The molecule has 0 saturated carbocycles. The summed E-state index contributed by atoms with van der Waals surface area (Å²) in [6.45, 7) is 0. The van der Waals surface area contributed by atoms with Crippen LogP contribution >= 0.6 is 0 Å². The molecule has 1 aromatic rings. The fourth-order valence-corrected chi connectivity index (χ4v) is 1.79. The largest absolute Gasteiger partial charge is 0.469 e. The third-order valence-corrected chi connectivity index (χ3v) is 2.98. The Balaban J connectivity index is 3.47. The Morgan fingerprint density at radius 2 is 1.86 bits per heavy atom. The van der Waals surface area contributed by atoms with Crippen molar-refractivity contribution in [3.05, 3.63) is 29.8 Å². The van der Waals surface area contributed by atoms with Gasteiger partial charge in [0, 0.05) is 5.56 Å². The minimum Gasteiger partial charge on any atom is -0.469 e. The molecule has 0 aliphatic carbocycles. The van der Waals surface area contributed by atoms with Crippen LogP contribution in [-0.4, -0.2) is 25.1 Å². The molecule has 1 aromatic carbocycles. The van der Waals surface area contributed by atoms with Crippen molar-refractivity contribution in [1.82, 2.24) is 0 Å². The third-order valence-electron chi connectivity index (χ3n) is 1.57. The van der Waals surface area contributed by atoms with E-state index in [-0.39, 0.29) is 5.56 Å². The minimum absolute atomic E-state index is 0.157. The van der Waals surface area contributed by atoms with Crippen molar-refractivity contribution in [1.29, 1.82) is 0 Å². The summed E-state index contributed by atoms with van der Waals surface area (Å²) in [6, 6.07) is 5.11. The zero-order valence-electron chi connectivity index (χ0n) is 6.88. The number of benzene rings is 1. The van der Waals surface area contributed by atoms with Gasteiger partial charge in [-0.1, -0.05) is 18.2 Å². The molecule has 6 heteroatoms. The number of sulfone groups is 1. The molecule has 5 nitrogen and oxygen atoms in total. The molecule has 0 aliphatic heterocycles. The van der Waals surface area contributed by atoms with Gasteiger partial charge in [0.2, 0.25) is 0 Å². The van der Waals surface area contributed by atoms with Crippen LogP contribution in [0.15, 0.2) is 29.2 Å². The highest BCUT2D eigenvalue weighted by Crippen LogP contribution is 2.15. The van der Waals surface area contributed by atoms with Crippen LogP contribution in [-0.2, 0) is 9.84 Å². The van der Waals surface area contributed by atoms with Crippen molar-refractivity contribution < 1.29 is 23.1 Å². The average Bonchev–Trinajstić information content (AvgIpc) is 2.17. The molecule has 1 rings (SSSR count). The first-order chi connectivity index (χ1) is 6.50. The zero-order chi connectivity index (χ0) is 10.8. The number of hydrogen-bond acceptors (Lipinski definition) is 4. The maximum absolute atomic E-state index is 11.2. The average molecular weight is 214 g/mol. The summed E-state index contributed by atoms with van der Waals surface area (Å²) in [5, 5.41) is 6.44. The molecule has 0 amide bonds. The normalized spacial score (nSPS) is 10.9. The Kier molecular flexibility index (Phi) is 2.66. The van der Waals surface area contributed by atoms with Gasteiger partial charge < -0.3 is 5.11 Å². The van der Waals surface area contributed by atoms with Crippen LogP contribution in [0.5, 0.6) is 0 Å². The maximum Gasteiger partial charge on any atom is 0.427 e. The molecule has 0 heterocycles. The van der Waals surface area contributed by atoms with Gasteiger partial charge in [0.25, 0.3) is 9.84 Å². The molecule has 0 bridgehead atoms. The molecular weight excluding hydrogens is 208 g/mol. The molecule has 0 radical (unpaired) electrons. The number of carboxylic acid groups (broad SMARTS) is 1. The van der Waals surface area contributed by atoms with Crippen LogP contribution in [0.4, 0.5) is 4.79 Å². The lowest BCUT2D eigenvalue weighted by Gasteiger charge is -2.00. The minimum atomic E-state index is -4.43. The van der Waals surface area contributed by atoms with Gasteiger partial charge in [0.1, 0.15) is 0 Å². The monoisotopic (exact) mass is 214 g/mol. The number of rotatable bonds is 2. The lowest BCUT2D eigenvalue weighted by molar-refractivity contribution is 0.112. The second-order valence-electron chi connectivity index (χ2n) is 2.43. The third kappa shape index (κ3) is 1.64. The number of hydrogen-bond donors (Lipinski definition) is 1. The topological polar surface area (TPSA) is 88.5 Å². The summed E-state index contributed by atoms with van der Waals surface area (Å²) >= 11 is 0. The molecule has 0 aliphatic rings. The molecule has 0 atom stereocenters. The second kappa shape index (κ2) is 3.59. The molecule has 0 saturated heterocycles. The van der Waals surface area contributed by atoms with E-state index in [2.05, 4.69) is 0 Å². The highest BCUT2D eigenvalue weighted by molar-refractivity contribution is 8.05. The molecule has 74 valence electrons. The van der Waals surface area contributed by atoms with Crippen molar-refractivity contribution in [2.45, 2.75) is 4.90 Å². The quantitative estimate of drug-likeness (QED) is 0.740. The van der Waals surface area contributed by atoms with Crippen molar-refractivity contribution in [3.8, 4) is 0 Å². The second-order valence-corrected chi connectivity index (χ2v) is 4.22. The first-order valence-electron chi connectivity index (χ1n) is 3.52. The number of carbonyl (C=O) groups excluding carboxylic acids is 1. The smallest absolute Gasteiger partial charge is 0.427 e. The Hall–Kier alpha value is -1.69. The molecular formula is C8H6O5S. The Labute approximate surface area is 79.9 Å². The van der Waals surface area contributed by atoms with Crippen LogP contribution in [0.1, 0.15) is 10.4 Å². The van der Waals surface area contributed by atoms with Crippen LogP contribution < -0.4 is 0 Å².